The molecule has 1 aromatic heterocycles. The van der Waals surface area contributed by atoms with Crippen LogP contribution in [0.25, 0.3) is 0 Å². The number of ether oxygens (including phenoxy) is 1. The summed E-state index contributed by atoms with van der Waals surface area (Å²) >= 11 is 0. The van der Waals surface area contributed by atoms with Crippen LogP contribution in [0.1, 0.15) is 23.1 Å². The van der Waals surface area contributed by atoms with E-state index in [-0.39, 0.29) is 11.6 Å². The van der Waals surface area contributed by atoms with Crippen LogP contribution in [0.2, 0.25) is 0 Å². The van der Waals surface area contributed by atoms with Crippen molar-refractivity contribution in [1.82, 2.24) is 9.97 Å². The van der Waals surface area contributed by atoms with Crippen molar-refractivity contribution in [3.8, 4) is 12.3 Å². The lowest BCUT2D eigenvalue weighted by molar-refractivity contribution is 0.0601. The van der Waals surface area contributed by atoms with E-state index in [0.717, 1.165) is 0 Å². The molecule has 0 amide bonds. The smallest absolute Gasteiger partial charge is 0.343 e. The Hall–Kier alpha value is -2.09. The fraction of sp³-hybridized carbons (Fsp3) is 0.364. The van der Waals surface area contributed by atoms with Crippen molar-refractivity contribution in [3.63, 3.8) is 0 Å². The maximum atomic E-state index is 11.4. The van der Waals surface area contributed by atoms with Crippen molar-refractivity contribution < 1.29 is 9.53 Å². The Bertz CT molecular complexity index is 437. The maximum absolute atomic E-state index is 11.4. The molecule has 1 aromatic rings. The van der Waals surface area contributed by atoms with Crippen LogP contribution in [0.3, 0.4) is 0 Å². The Kier molecular flexibility index (Phi) is 3.84. The number of hydrogen-bond donors (Lipinski definition) is 1. The summed E-state index contributed by atoms with van der Waals surface area (Å²) in [5.41, 5.74) is 0.273. The van der Waals surface area contributed by atoms with Gasteiger partial charge in [0.1, 0.15) is 17.2 Å². The van der Waals surface area contributed by atoms with Crippen LogP contribution in [0.4, 0.5) is 5.82 Å². The molecule has 0 bridgehead atoms. The number of rotatable bonds is 3. The third-order valence-corrected chi connectivity index (χ3v) is 1.92. The summed E-state index contributed by atoms with van der Waals surface area (Å²) in [6.45, 7) is 3.52. The number of nitrogens with zero attached hydrogens (tertiary/aromatic N) is 2. The van der Waals surface area contributed by atoms with Gasteiger partial charge in [0.05, 0.1) is 13.2 Å². The van der Waals surface area contributed by atoms with Gasteiger partial charge in [-0.2, -0.15) is 0 Å². The predicted octanol–water partition coefficient (Wildman–Crippen LogP) is 1.01. The summed E-state index contributed by atoms with van der Waals surface area (Å²) in [7, 11) is 1.30. The van der Waals surface area contributed by atoms with Crippen LogP contribution in [-0.2, 0) is 4.74 Å². The fourth-order valence-corrected chi connectivity index (χ4v) is 1.09. The second kappa shape index (κ2) is 5.12. The molecule has 0 spiro atoms. The predicted molar refractivity (Wildman–Crippen MR) is 60.0 cm³/mol. The van der Waals surface area contributed by atoms with Crippen LogP contribution in [-0.4, -0.2) is 29.1 Å². The van der Waals surface area contributed by atoms with Gasteiger partial charge in [0.25, 0.3) is 0 Å². The molecule has 0 aliphatic rings. The normalized spacial score (nSPS) is 11.4. The highest BCUT2D eigenvalue weighted by molar-refractivity contribution is 5.94. The van der Waals surface area contributed by atoms with E-state index in [0.29, 0.717) is 11.6 Å². The quantitative estimate of drug-likeness (QED) is 0.607. The Morgan fingerprint density at radius 3 is 2.94 bits per heavy atom. The zero-order chi connectivity index (χ0) is 12.1. The van der Waals surface area contributed by atoms with Crippen molar-refractivity contribution in [2.45, 2.75) is 19.9 Å². The number of hydrogen-bond acceptors (Lipinski definition) is 5. The molecule has 0 aliphatic heterocycles. The van der Waals surface area contributed by atoms with Crippen LogP contribution in [0.5, 0.6) is 0 Å². The molecule has 0 aromatic carbocycles. The molecule has 16 heavy (non-hydrogen) atoms. The van der Waals surface area contributed by atoms with Crippen LogP contribution in [0, 0.1) is 19.3 Å². The monoisotopic (exact) mass is 219 g/mol. The molecule has 0 aliphatic carbocycles. The van der Waals surface area contributed by atoms with E-state index in [1.807, 2.05) is 0 Å². The van der Waals surface area contributed by atoms with E-state index in [2.05, 4.69) is 25.9 Å². The zero-order valence-corrected chi connectivity index (χ0v) is 9.44. The van der Waals surface area contributed by atoms with Gasteiger partial charge >= 0.3 is 5.97 Å². The number of aryl methyl sites for hydroxylation is 1. The number of carbonyl (C=O) groups excluding carboxylic acids is 1. The standard InChI is InChI=1S/C11H13N3O2/c1-5-7(2)13-10-9(11(15)16-4)6-12-8(3)14-10/h1,6-7H,2-4H3,(H,12,13,14). The summed E-state index contributed by atoms with van der Waals surface area (Å²) in [6, 6.07) is -0.224. The summed E-state index contributed by atoms with van der Waals surface area (Å²) in [5.74, 6) is 2.95. The highest BCUT2D eigenvalue weighted by Gasteiger charge is 2.15. The molecule has 1 unspecified atom stereocenters. The second-order valence-corrected chi connectivity index (χ2v) is 3.20. The van der Waals surface area contributed by atoms with Crippen molar-refractivity contribution in [2.75, 3.05) is 12.4 Å². The summed E-state index contributed by atoms with van der Waals surface area (Å²) in [5, 5.41) is 2.93. The molecule has 1 rings (SSSR count). The van der Waals surface area contributed by atoms with Gasteiger partial charge < -0.3 is 10.1 Å². The molecule has 1 N–H and O–H groups in total. The molecule has 1 heterocycles. The van der Waals surface area contributed by atoms with E-state index >= 15 is 0 Å². The van der Waals surface area contributed by atoms with Crippen LogP contribution < -0.4 is 5.32 Å². The number of anilines is 1. The molecule has 0 radical (unpaired) electrons. The number of carbonyl (C=O) groups is 1. The molecule has 0 saturated heterocycles. The lowest BCUT2D eigenvalue weighted by atomic mass is 10.2. The molecule has 5 nitrogen and oxygen atoms in total. The van der Waals surface area contributed by atoms with E-state index < -0.39 is 5.97 Å². The highest BCUT2D eigenvalue weighted by atomic mass is 16.5. The Morgan fingerprint density at radius 2 is 2.38 bits per heavy atom. The first kappa shape index (κ1) is 12.0. The average Bonchev–Trinajstić information content (AvgIpc) is 2.28. The van der Waals surface area contributed by atoms with Crippen molar-refractivity contribution in [3.05, 3.63) is 17.6 Å². The fourth-order valence-electron chi connectivity index (χ4n) is 1.09. The maximum Gasteiger partial charge on any atom is 0.343 e. The average molecular weight is 219 g/mol. The Balaban J connectivity index is 3.09. The number of terminal acetylenes is 1. The van der Waals surface area contributed by atoms with Gasteiger partial charge in [0, 0.05) is 6.20 Å². The molecular formula is C11H13N3O2. The zero-order valence-electron chi connectivity index (χ0n) is 9.44. The number of esters is 1. The van der Waals surface area contributed by atoms with E-state index in [9.17, 15) is 4.79 Å². The van der Waals surface area contributed by atoms with Crippen molar-refractivity contribution in [1.29, 1.82) is 0 Å². The van der Waals surface area contributed by atoms with Gasteiger partial charge in [-0.05, 0) is 13.8 Å². The molecule has 84 valence electrons. The second-order valence-electron chi connectivity index (χ2n) is 3.20. The van der Waals surface area contributed by atoms with Gasteiger partial charge in [-0.15, -0.1) is 6.42 Å². The lowest BCUT2D eigenvalue weighted by Gasteiger charge is -2.11. The van der Waals surface area contributed by atoms with Crippen LogP contribution >= 0.6 is 0 Å². The van der Waals surface area contributed by atoms with Gasteiger partial charge in [0.15, 0.2) is 0 Å². The molecular weight excluding hydrogens is 206 g/mol. The number of methoxy groups -OCH3 is 1. The SMILES string of the molecule is C#CC(C)Nc1nc(C)ncc1C(=O)OC. The van der Waals surface area contributed by atoms with E-state index in [1.54, 1.807) is 13.8 Å². The van der Waals surface area contributed by atoms with Gasteiger partial charge in [0.2, 0.25) is 0 Å². The molecule has 1 atom stereocenters. The van der Waals surface area contributed by atoms with Gasteiger partial charge in [-0.3, -0.25) is 0 Å². The van der Waals surface area contributed by atoms with Crippen molar-refractivity contribution in [2.24, 2.45) is 0 Å². The largest absolute Gasteiger partial charge is 0.465 e. The molecule has 0 saturated carbocycles. The molecule has 0 fully saturated rings. The first-order chi connectivity index (χ1) is 7.58. The third-order valence-electron chi connectivity index (χ3n) is 1.92. The number of aromatic nitrogens is 2. The first-order valence-corrected chi connectivity index (χ1v) is 4.73. The minimum Gasteiger partial charge on any atom is -0.465 e. The Labute approximate surface area is 94.2 Å². The summed E-state index contributed by atoms with van der Waals surface area (Å²) < 4.78 is 4.62. The lowest BCUT2D eigenvalue weighted by Crippen LogP contribution is -2.18. The van der Waals surface area contributed by atoms with Crippen LogP contribution in [0.15, 0.2) is 6.20 Å². The third kappa shape index (κ3) is 2.70. The number of nitrogens with one attached hydrogen (secondary N) is 1. The summed E-state index contributed by atoms with van der Waals surface area (Å²) in [4.78, 5) is 19.5. The van der Waals surface area contributed by atoms with Gasteiger partial charge in [-0.25, -0.2) is 14.8 Å². The Morgan fingerprint density at radius 1 is 1.69 bits per heavy atom. The first-order valence-electron chi connectivity index (χ1n) is 4.73. The minimum absolute atomic E-state index is 0.224. The highest BCUT2D eigenvalue weighted by Crippen LogP contribution is 2.13. The van der Waals surface area contributed by atoms with E-state index in [4.69, 9.17) is 6.42 Å². The van der Waals surface area contributed by atoms with Gasteiger partial charge in [-0.1, -0.05) is 5.92 Å². The summed E-state index contributed by atoms with van der Waals surface area (Å²) in [6.07, 6.45) is 6.66. The minimum atomic E-state index is -0.494. The van der Waals surface area contributed by atoms with E-state index in [1.165, 1.54) is 13.3 Å². The van der Waals surface area contributed by atoms with Crippen molar-refractivity contribution >= 4 is 11.8 Å². The molecule has 5 heteroatoms. The topological polar surface area (TPSA) is 64.1 Å².